The van der Waals surface area contributed by atoms with E-state index < -0.39 is 39.2 Å². The molecular formula is C24H21ClF3N3O3S2. The highest BCUT2D eigenvalue weighted by atomic mass is 35.5. The number of amides is 1. The van der Waals surface area contributed by atoms with Crippen LogP contribution in [0.25, 0.3) is 0 Å². The van der Waals surface area contributed by atoms with Crippen molar-refractivity contribution in [2.75, 3.05) is 17.1 Å². The molecule has 0 atom stereocenters. The molecule has 1 N–H and O–H groups in total. The van der Waals surface area contributed by atoms with Crippen LogP contribution in [-0.4, -0.2) is 33.3 Å². The van der Waals surface area contributed by atoms with Crippen molar-refractivity contribution in [3.63, 3.8) is 0 Å². The predicted molar refractivity (Wildman–Crippen MR) is 136 cm³/mol. The monoisotopic (exact) mass is 555 g/mol. The van der Waals surface area contributed by atoms with Gasteiger partial charge in [0.15, 0.2) is 0 Å². The molecule has 190 valence electrons. The lowest BCUT2D eigenvalue weighted by atomic mass is 10.2. The fourth-order valence-corrected chi connectivity index (χ4v) is 5.12. The molecule has 0 spiro atoms. The van der Waals surface area contributed by atoms with Crippen LogP contribution in [0.15, 0.2) is 81.6 Å². The minimum Gasteiger partial charge on any atom is -0.271 e. The van der Waals surface area contributed by atoms with Gasteiger partial charge in [-0.1, -0.05) is 41.4 Å². The molecule has 12 heteroatoms. The van der Waals surface area contributed by atoms with Gasteiger partial charge in [0.25, 0.3) is 15.9 Å². The largest absolute Gasteiger partial charge is 0.417 e. The summed E-state index contributed by atoms with van der Waals surface area (Å²) in [6.07, 6.45) is -1.53. The zero-order valence-corrected chi connectivity index (χ0v) is 21.5. The van der Waals surface area contributed by atoms with Crippen molar-refractivity contribution in [1.29, 1.82) is 0 Å². The normalized spacial score (nSPS) is 12.1. The number of hydrogen-bond acceptors (Lipinski definition) is 5. The number of rotatable bonds is 8. The van der Waals surface area contributed by atoms with Crippen molar-refractivity contribution in [3.8, 4) is 0 Å². The second kappa shape index (κ2) is 11.4. The van der Waals surface area contributed by atoms with E-state index in [1.807, 2.05) is 18.4 Å². The van der Waals surface area contributed by atoms with E-state index in [1.165, 1.54) is 18.3 Å². The van der Waals surface area contributed by atoms with Crippen LogP contribution in [0.1, 0.15) is 16.7 Å². The van der Waals surface area contributed by atoms with Gasteiger partial charge in [0.2, 0.25) is 0 Å². The summed E-state index contributed by atoms with van der Waals surface area (Å²) in [5.74, 6) is -0.855. The third kappa shape index (κ3) is 6.80. The zero-order chi connectivity index (χ0) is 26.5. The maximum absolute atomic E-state index is 13.4. The Hall–Kier alpha value is -3.02. The van der Waals surface area contributed by atoms with Gasteiger partial charge in [-0.3, -0.25) is 9.10 Å². The molecule has 3 aromatic carbocycles. The summed E-state index contributed by atoms with van der Waals surface area (Å²) in [7, 11) is -4.42. The summed E-state index contributed by atoms with van der Waals surface area (Å²) in [5.41, 5.74) is 2.09. The van der Waals surface area contributed by atoms with Crippen LogP contribution in [-0.2, 0) is 21.0 Å². The quantitative estimate of drug-likeness (QED) is 0.219. The highest BCUT2D eigenvalue weighted by molar-refractivity contribution is 7.98. The van der Waals surface area contributed by atoms with Gasteiger partial charge in [-0.25, -0.2) is 13.8 Å². The lowest BCUT2D eigenvalue weighted by Crippen LogP contribution is -2.39. The first kappa shape index (κ1) is 27.6. The fourth-order valence-electron chi connectivity index (χ4n) is 3.07. The van der Waals surface area contributed by atoms with E-state index in [0.717, 1.165) is 22.6 Å². The summed E-state index contributed by atoms with van der Waals surface area (Å²) in [5, 5.41) is 3.23. The van der Waals surface area contributed by atoms with Gasteiger partial charge in [0.05, 0.1) is 27.4 Å². The topological polar surface area (TPSA) is 78.8 Å². The number of carbonyl (C=O) groups is 1. The molecule has 0 aromatic heterocycles. The molecule has 3 aromatic rings. The van der Waals surface area contributed by atoms with E-state index in [2.05, 4.69) is 10.5 Å². The summed E-state index contributed by atoms with van der Waals surface area (Å²) in [6, 6.07) is 15.6. The molecule has 0 bridgehead atoms. The number of nitrogens with one attached hydrogen (secondary N) is 1. The smallest absolute Gasteiger partial charge is 0.271 e. The average molecular weight is 556 g/mol. The van der Waals surface area contributed by atoms with E-state index in [-0.39, 0.29) is 10.6 Å². The van der Waals surface area contributed by atoms with Gasteiger partial charge in [-0.15, -0.1) is 11.8 Å². The molecule has 0 aliphatic rings. The van der Waals surface area contributed by atoms with Crippen molar-refractivity contribution in [3.05, 3.63) is 88.4 Å². The molecule has 0 unspecified atom stereocenters. The number of hydrogen-bond donors (Lipinski definition) is 1. The summed E-state index contributed by atoms with van der Waals surface area (Å²) in [6.45, 7) is 0.931. The first-order valence-corrected chi connectivity index (χ1v) is 13.4. The number of anilines is 1. The molecule has 3 rings (SSSR count). The van der Waals surface area contributed by atoms with E-state index in [4.69, 9.17) is 11.6 Å². The molecule has 1 amide bonds. The molecule has 0 saturated heterocycles. The second-order valence-electron chi connectivity index (χ2n) is 7.55. The maximum Gasteiger partial charge on any atom is 0.417 e. The van der Waals surface area contributed by atoms with Gasteiger partial charge >= 0.3 is 6.18 Å². The van der Waals surface area contributed by atoms with E-state index in [1.54, 1.807) is 43.0 Å². The SMILES string of the molecule is CSc1ccc(/C=N\NC(=O)CN(c2ccc(Cl)c(C(F)(F)F)c2)S(=O)(=O)c2ccc(C)cc2)cc1. The van der Waals surface area contributed by atoms with Gasteiger partial charge in [-0.05, 0) is 61.2 Å². The molecule has 0 heterocycles. The Labute approximate surface area is 216 Å². The Morgan fingerprint density at radius 1 is 1.08 bits per heavy atom. The number of halogens is 4. The van der Waals surface area contributed by atoms with Gasteiger partial charge in [0, 0.05) is 4.90 Å². The Kier molecular flexibility index (Phi) is 8.70. The molecule has 0 fully saturated rings. The minimum absolute atomic E-state index is 0.193. The number of thioether (sulfide) groups is 1. The number of sulfonamides is 1. The molecule has 0 aliphatic carbocycles. The lowest BCUT2D eigenvalue weighted by Gasteiger charge is -2.25. The van der Waals surface area contributed by atoms with Crippen LogP contribution in [0.3, 0.4) is 0 Å². The Balaban J connectivity index is 1.92. The maximum atomic E-state index is 13.4. The van der Waals surface area contributed by atoms with Crippen LogP contribution in [0.5, 0.6) is 0 Å². The molecule has 36 heavy (non-hydrogen) atoms. The number of aryl methyl sites for hydroxylation is 1. The van der Waals surface area contributed by atoms with E-state index in [9.17, 15) is 26.4 Å². The first-order valence-electron chi connectivity index (χ1n) is 10.3. The molecule has 0 radical (unpaired) electrons. The second-order valence-corrected chi connectivity index (χ2v) is 10.7. The van der Waals surface area contributed by atoms with Gasteiger partial charge in [-0.2, -0.15) is 18.3 Å². The Bertz CT molecular complexity index is 1360. The van der Waals surface area contributed by atoms with Crippen molar-refractivity contribution in [2.45, 2.75) is 22.9 Å². The minimum atomic E-state index is -4.83. The van der Waals surface area contributed by atoms with Crippen LogP contribution in [0.4, 0.5) is 18.9 Å². The number of alkyl halides is 3. The molecule has 0 saturated carbocycles. The van der Waals surface area contributed by atoms with Crippen molar-refractivity contribution < 1.29 is 26.4 Å². The predicted octanol–water partition coefficient (Wildman–Crippen LogP) is 5.73. The Morgan fingerprint density at radius 2 is 1.72 bits per heavy atom. The van der Waals surface area contributed by atoms with Gasteiger partial charge in [0.1, 0.15) is 6.54 Å². The van der Waals surface area contributed by atoms with Crippen LogP contribution in [0.2, 0.25) is 5.02 Å². The van der Waals surface area contributed by atoms with E-state index >= 15 is 0 Å². The van der Waals surface area contributed by atoms with Crippen LogP contribution >= 0.6 is 23.4 Å². The molecule has 0 aliphatic heterocycles. The van der Waals surface area contributed by atoms with Crippen molar-refractivity contribution in [1.82, 2.24) is 5.43 Å². The number of hydrazone groups is 1. The standard InChI is InChI=1S/C24H21ClF3N3O3S2/c1-16-3-10-20(11-4-16)36(33,34)31(18-7-12-22(25)21(13-18)24(26,27)28)15-23(32)30-29-14-17-5-8-19(35-2)9-6-17/h3-14H,15H2,1-2H3,(H,30,32)/b29-14-. The number of carbonyl (C=O) groups excluding carboxylic acids is 1. The van der Waals surface area contributed by atoms with Crippen LogP contribution < -0.4 is 9.73 Å². The van der Waals surface area contributed by atoms with Crippen LogP contribution in [0, 0.1) is 6.92 Å². The van der Waals surface area contributed by atoms with Crippen molar-refractivity contribution >= 4 is 51.2 Å². The average Bonchev–Trinajstić information content (AvgIpc) is 2.83. The number of benzene rings is 3. The number of nitrogens with zero attached hydrogens (tertiary/aromatic N) is 2. The summed E-state index contributed by atoms with van der Waals surface area (Å²) in [4.78, 5) is 13.5. The van der Waals surface area contributed by atoms with Crippen molar-refractivity contribution in [2.24, 2.45) is 5.10 Å². The molecule has 6 nitrogen and oxygen atoms in total. The highest BCUT2D eigenvalue weighted by Gasteiger charge is 2.35. The Morgan fingerprint density at radius 3 is 2.31 bits per heavy atom. The molecular weight excluding hydrogens is 535 g/mol. The fraction of sp³-hybridized carbons (Fsp3) is 0.167. The highest BCUT2D eigenvalue weighted by Crippen LogP contribution is 2.38. The first-order chi connectivity index (χ1) is 16.9. The van der Waals surface area contributed by atoms with Gasteiger partial charge < -0.3 is 0 Å². The lowest BCUT2D eigenvalue weighted by molar-refractivity contribution is -0.137. The summed E-state index contributed by atoms with van der Waals surface area (Å²) < 4.78 is 67.7. The van der Waals surface area contributed by atoms with E-state index in [0.29, 0.717) is 15.9 Å². The summed E-state index contributed by atoms with van der Waals surface area (Å²) >= 11 is 7.26. The third-order valence-electron chi connectivity index (χ3n) is 4.96. The zero-order valence-electron chi connectivity index (χ0n) is 19.1. The third-order valence-corrected chi connectivity index (χ3v) is 7.82.